The Morgan fingerprint density at radius 1 is 1.00 bits per heavy atom. The van der Waals surface area contributed by atoms with E-state index in [4.69, 9.17) is 19.6 Å². The van der Waals surface area contributed by atoms with Gasteiger partial charge in [0.2, 0.25) is 0 Å². The number of carbonyl (C=O) groups excluding carboxylic acids is 1. The fourth-order valence-corrected chi connectivity index (χ4v) is 6.19. The summed E-state index contributed by atoms with van der Waals surface area (Å²) in [5.41, 5.74) is 4.69. The molecule has 10 nitrogen and oxygen atoms in total. The maximum absolute atomic E-state index is 12.3. The van der Waals surface area contributed by atoms with Crippen molar-refractivity contribution in [2.75, 3.05) is 12.4 Å². The van der Waals surface area contributed by atoms with Crippen LogP contribution in [0.3, 0.4) is 0 Å². The fraction of sp³-hybridized carbons (Fsp3) is 0.514. The number of benzene rings is 1. The molecule has 11 heteroatoms. The summed E-state index contributed by atoms with van der Waals surface area (Å²) in [7, 11) is 0. The summed E-state index contributed by atoms with van der Waals surface area (Å²) >= 11 is 1.56. The number of para-hydroxylation sites is 1. The lowest BCUT2D eigenvalue weighted by Crippen LogP contribution is -2.45. The van der Waals surface area contributed by atoms with E-state index in [2.05, 4.69) is 11.1 Å². The largest absolute Gasteiger partial charge is 0.490 e. The highest BCUT2D eigenvalue weighted by Crippen LogP contribution is 2.53. The first-order valence-electron chi connectivity index (χ1n) is 16.0. The topological polar surface area (TPSA) is 162 Å². The van der Waals surface area contributed by atoms with Gasteiger partial charge in [-0.25, -0.2) is 4.98 Å². The van der Waals surface area contributed by atoms with E-state index in [1.54, 1.807) is 11.8 Å². The molecule has 2 saturated carbocycles. The number of carbonyl (C=O) groups is 1. The van der Waals surface area contributed by atoms with Crippen molar-refractivity contribution in [3.05, 3.63) is 71.7 Å². The van der Waals surface area contributed by atoms with Crippen LogP contribution in [0.1, 0.15) is 68.2 Å². The van der Waals surface area contributed by atoms with Crippen LogP contribution in [-0.2, 0) is 21.7 Å². The Labute approximate surface area is 273 Å². The number of nitrogens with zero attached hydrogens (tertiary/aromatic N) is 2. The number of ketones is 1. The molecule has 0 aliphatic heterocycles. The van der Waals surface area contributed by atoms with Crippen molar-refractivity contribution in [3.63, 3.8) is 0 Å². The average Bonchev–Trinajstić information content (AvgIpc) is 4.02. The lowest BCUT2D eigenvalue weighted by Gasteiger charge is -2.25. The molecule has 0 bridgehead atoms. The standard InChI is InChI=1S/C35H44N2O8S/c1-22-8-13-32(46-18-4-5-23(39)9-12-29(40)33(42)34(43)30(41)20-38)37-28(22)21-44-35(15-16-35)27-19-36-17-14-25(27)26-6-2-3-7-31(26)45-24-10-11-24/h2-3,6-8,13-14,17,19,24,29-30,33-34,38,40-43H,4-5,9-12,15-16,18,20-21H2,1H3/t29-,30+,33+,34+/m0/s1. The minimum Gasteiger partial charge on any atom is -0.490 e. The third-order valence-electron chi connectivity index (χ3n) is 8.57. The number of aliphatic hydroxyl groups excluding tert-OH is 5. The number of hydrogen-bond donors (Lipinski definition) is 5. The molecule has 0 unspecified atom stereocenters. The number of aliphatic hydroxyl groups is 5. The Kier molecular flexibility index (Phi) is 11.8. The molecule has 46 heavy (non-hydrogen) atoms. The number of pyridine rings is 2. The van der Waals surface area contributed by atoms with Crippen LogP contribution in [0, 0.1) is 6.92 Å². The second-order valence-electron chi connectivity index (χ2n) is 12.3. The average molecular weight is 653 g/mol. The van der Waals surface area contributed by atoms with Gasteiger partial charge in [-0.3, -0.25) is 9.78 Å². The molecule has 2 aliphatic rings. The summed E-state index contributed by atoms with van der Waals surface area (Å²) < 4.78 is 12.8. The van der Waals surface area contributed by atoms with Crippen LogP contribution in [-0.4, -0.2) is 84.2 Å². The van der Waals surface area contributed by atoms with Gasteiger partial charge < -0.3 is 35.0 Å². The summed E-state index contributed by atoms with van der Waals surface area (Å²) in [5.74, 6) is 1.50. The second kappa shape index (κ2) is 15.8. The monoisotopic (exact) mass is 652 g/mol. The summed E-state index contributed by atoms with van der Waals surface area (Å²) in [4.78, 5) is 21.6. The highest BCUT2D eigenvalue weighted by molar-refractivity contribution is 7.99. The van der Waals surface area contributed by atoms with Crippen LogP contribution in [0.15, 0.2) is 59.9 Å². The number of rotatable bonds is 19. The number of hydrogen-bond acceptors (Lipinski definition) is 11. The summed E-state index contributed by atoms with van der Waals surface area (Å²) in [6.07, 6.45) is 2.64. The van der Waals surface area contributed by atoms with Gasteiger partial charge in [0.05, 0.1) is 41.7 Å². The minimum absolute atomic E-state index is 0.0363. The Hall–Kier alpha value is -2.90. The van der Waals surface area contributed by atoms with E-state index in [9.17, 15) is 25.2 Å². The molecule has 0 saturated heterocycles. The third kappa shape index (κ3) is 8.92. The number of thioether (sulfide) groups is 1. The zero-order valence-corrected chi connectivity index (χ0v) is 26.9. The molecule has 0 radical (unpaired) electrons. The lowest BCUT2D eigenvalue weighted by atomic mass is 9.96. The molecular weight excluding hydrogens is 608 g/mol. The van der Waals surface area contributed by atoms with Crippen LogP contribution in [0.5, 0.6) is 5.75 Å². The van der Waals surface area contributed by atoms with Crippen LogP contribution in [0.4, 0.5) is 0 Å². The van der Waals surface area contributed by atoms with Gasteiger partial charge in [-0.15, -0.1) is 11.8 Å². The lowest BCUT2D eigenvalue weighted by molar-refractivity contribution is -0.125. The maximum Gasteiger partial charge on any atom is 0.133 e. The summed E-state index contributed by atoms with van der Waals surface area (Å²) in [5, 5.41) is 48.8. The Morgan fingerprint density at radius 3 is 2.50 bits per heavy atom. The molecule has 5 N–H and O–H groups in total. The predicted octanol–water partition coefficient (Wildman–Crippen LogP) is 3.86. The van der Waals surface area contributed by atoms with Crippen molar-refractivity contribution in [2.45, 2.75) is 106 Å². The van der Waals surface area contributed by atoms with E-state index in [1.165, 1.54) is 0 Å². The third-order valence-corrected chi connectivity index (χ3v) is 9.58. The van der Waals surface area contributed by atoms with Crippen LogP contribution in [0.25, 0.3) is 11.1 Å². The van der Waals surface area contributed by atoms with Gasteiger partial charge >= 0.3 is 0 Å². The summed E-state index contributed by atoms with van der Waals surface area (Å²) in [6, 6.07) is 14.2. The molecule has 2 aliphatic carbocycles. The Bertz CT molecular complexity index is 1460. The predicted molar refractivity (Wildman–Crippen MR) is 173 cm³/mol. The van der Waals surface area contributed by atoms with Crippen LogP contribution < -0.4 is 4.74 Å². The number of Topliss-reactive ketones (excluding diaryl/α,β-unsaturated/α-hetero) is 1. The Morgan fingerprint density at radius 2 is 1.76 bits per heavy atom. The first kappa shape index (κ1) is 34.4. The van der Waals surface area contributed by atoms with Gasteiger partial charge in [0.1, 0.15) is 29.8 Å². The quantitative estimate of drug-likeness (QED) is 0.0945. The molecule has 2 heterocycles. The molecule has 1 aromatic carbocycles. The van der Waals surface area contributed by atoms with Gasteiger partial charge in [-0.2, -0.15) is 0 Å². The maximum atomic E-state index is 12.3. The van der Waals surface area contributed by atoms with Gasteiger partial charge in [0.15, 0.2) is 0 Å². The van der Waals surface area contributed by atoms with Crippen LogP contribution in [0.2, 0.25) is 0 Å². The van der Waals surface area contributed by atoms with E-state index in [0.717, 1.165) is 64.4 Å². The van der Waals surface area contributed by atoms with E-state index in [-0.39, 0.29) is 18.6 Å². The van der Waals surface area contributed by atoms with Gasteiger partial charge in [0.25, 0.3) is 0 Å². The molecule has 2 fully saturated rings. The molecule has 5 rings (SSSR count). The van der Waals surface area contributed by atoms with Crippen molar-refractivity contribution < 1.29 is 39.8 Å². The van der Waals surface area contributed by atoms with E-state index < -0.39 is 36.6 Å². The molecular formula is C35H44N2O8S. The molecule has 248 valence electrons. The molecule has 3 aromatic rings. The second-order valence-corrected chi connectivity index (χ2v) is 13.4. The van der Waals surface area contributed by atoms with E-state index >= 15 is 0 Å². The number of ether oxygens (including phenoxy) is 2. The summed E-state index contributed by atoms with van der Waals surface area (Å²) in [6.45, 7) is 1.64. The zero-order valence-electron chi connectivity index (χ0n) is 26.1. The van der Waals surface area contributed by atoms with E-state index in [1.807, 2.05) is 55.7 Å². The van der Waals surface area contributed by atoms with Crippen molar-refractivity contribution in [1.82, 2.24) is 9.97 Å². The highest BCUT2D eigenvalue weighted by atomic mass is 32.2. The highest BCUT2D eigenvalue weighted by Gasteiger charge is 2.48. The van der Waals surface area contributed by atoms with Gasteiger partial charge in [0, 0.05) is 36.4 Å². The number of aryl methyl sites for hydroxylation is 1. The smallest absolute Gasteiger partial charge is 0.133 e. The van der Waals surface area contributed by atoms with Crippen LogP contribution >= 0.6 is 11.8 Å². The van der Waals surface area contributed by atoms with Crippen molar-refractivity contribution >= 4 is 17.5 Å². The van der Waals surface area contributed by atoms with Crippen molar-refractivity contribution in [2.24, 2.45) is 0 Å². The zero-order chi connectivity index (χ0) is 32.7. The number of aromatic nitrogens is 2. The molecule has 0 spiro atoms. The van der Waals surface area contributed by atoms with Crippen molar-refractivity contribution in [3.8, 4) is 16.9 Å². The minimum atomic E-state index is -1.69. The molecule has 2 aromatic heterocycles. The van der Waals surface area contributed by atoms with Crippen molar-refractivity contribution in [1.29, 1.82) is 0 Å². The Balaban J connectivity index is 1.12. The van der Waals surface area contributed by atoms with Gasteiger partial charge in [-0.05, 0) is 80.5 Å². The molecule has 0 amide bonds. The molecule has 4 atom stereocenters. The fourth-order valence-electron chi connectivity index (χ4n) is 5.35. The first-order chi connectivity index (χ1) is 22.2. The first-order valence-corrected chi connectivity index (χ1v) is 17.0. The van der Waals surface area contributed by atoms with Gasteiger partial charge in [-0.1, -0.05) is 24.3 Å². The SMILES string of the molecule is Cc1ccc(SCCCC(=O)CC[C@H](O)[C@@H](O)[C@H](O)[C@H](O)CO)nc1COC1(c2cnccc2-c2ccccc2OC2CC2)CC1. The normalized spacial score (nSPS) is 18.0. The van der Waals surface area contributed by atoms with E-state index in [0.29, 0.717) is 31.3 Å².